The number of hydrogen-bond donors (Lipinski definition) is 0. The summed E-state index contributed by atoms with van der Waals surface area (Å²) in [6.07, 6.45) is 0.519. The third-order valence-electron chi connectivity index (χ3n) is 1.51. The molecule has 0 heterocycles. The first-order valence-electron chi connectivity index (χ1n) is 3.22. The standard InChI is InChI=1S/C9H9FO/c1-7-8(6-10)4-3-5-9(7)11-2/h3-6H,1H2,2H3/b8-6-. The van der Waals surface area contributed by atoms with E-state index in [2.05, 4.69) is 6.58 Å². The Balaban J connectivity index is 3.46. The summed E-state index contributed by atoms with van der Waals surface area (Å²) < 4.78 is 17.0. The van der Waals surface area contributed by atoms with Crippen molar-refractivity contribution in [2.45, 2.75) is 0 Å². The molecule has 0 spiro atoms. The molecule has 0 aromatic heterocycles. The van der Waals surface area contributed by atoms with Crippen molar-refractivity contribution in [3.05, 3.63) is 28.6 Å². The van der Waals surface area contributed by atoms with Crippen molar-refractivity contribution >= 4 is 12.9 Å². The molecule has 0 saturated heterocycles. The number of halogens is 1. The molecular formula is C9H9FO. The van der Waals surface area contributed by atoms with Gasteiger partial charge in [0.25, 0.3) is 0 Å². The highest BCUT2D eigenvalue weighted by molar-refractivity contribution is 5.31. The van der Waals surface area contributed by atoms with Gasteiger partial charge >= 0.3 is 0 Å². The van der Waals surface area contributed by atoms with Crippen LogP contribution in [0.3, 0.4) is 0 Å². The Labute approximate surface area is 64.4 Å². The predicted octanol–water partition coefficient (Wildman–Crippen LogP) is 0.813. The van der Waals surface area contributed by atoms with Crippen LogP contribution in [0.4, 0.5) is 4.39 Å². The Morgan fingerprint density at radius 2 is 2.27 bits per heavy atom. The second-order valence-corrected chi connectivity index (χ2v) is 2.14. The monoisotopic (exact) mass is 152 g/mol. The van der Waals surface area contributed by atoms with E-state index in [1.807, 2.05) is 0 Å². The highest BCUT2D eigenvalue weighted by Gasteiger charge is 1.90. The number of methoxy groups -OCH3 is 1. The second-order valence-electron chi connectivity index (χ2n) is 2.14. The van der Waals surface area contributed by atoms with Gasteiger partial charge in [-0.3, -0.25) is 0 Å². The van der Waals surface area contributed by atoms with Gasteiger partial charge < -0.3 is 4.74 Å². The van der Waals surface area contributed by atoms with Gasteiger partial charge in [-0.2, -0.15) is 0 Å². The second kappa shape index (κ2) is 3.19. The Morgan fingerprint density at radius 3 is 2.82 bits per heavy atom. The molecule has 0 saturated carbocycles. The lowest BCUT2D eigenvalue weighted by Gasteiger charge is -1.98. The number of hydrogen-bond acceptors (Lipinski definition) is 1. The van der Waals surface area contributed by atoms with Gasteiger partial charge in [0.15, 0.2) is 0 Å². The molecular weight excluding hydrogens is 143 g/mol. The Bertz CT molecular complexity index is 343. The summed E-state index contributed by atoms with van der Waals surface area (Å²) in [5, 5.41) is 1.04. The topological polar surface area (TPSA) is 9.23 Å². The minimum Gasteiger partial charge on any atom is -0.496 e. The average molecular weight is 152 g/mol. The molecule has 1 aromatic carbocycles. The van der Waals surface area contributed by atoms with Crippen LogP contribution in [0.25, 0.3) is 12.9 Å². The molecule has 2 heteroatoms. The van der Waals surface area contributed by atoms with Gasteiger partial charge in [0.2, 0.25) is 0 Å². The van der Waals surface area contributed by atoms with Gasteiger partial charge in [-0.05, 0) is 6.07 Å². The average Bonchev–Trinajstić information content (AvgIpc) is 2.05. The highest BCUT2D eigenvalue weighted by Crippen LogP contribution is 1.95. The van der Waals surface area contributed by atoms with Crippen LogP contribution in [0.15, 0.2) is 18.2 Å². The van der Waals surface area contributed by atoms with Gasteiger partial charge in [0.05, 0.1) is 13.4 Å². The summed E-state index contributed by atoms with van der Waals surface area (Å²) in [7, 11) is 1.53. The molecule has 0 aliphatic rings. The van der Waals surface area contributed by atoms with Gasteiger partial charge in [-0.15, -0.1) is 0 Å². The SMILES string of the molecule is C=c1c(OC)ccc/c1=C/F. The third kappa shape index (κ3) is 1.40. The first kappa shape index (κ1) is 7.79. The van der Waals surface area contributed by atoms with E-state index in [0.29, 0.717) is 22.5 Å². The minimum atomic E-state index is 0.462. The molecule has 0 bridgehead atoms. The van der Waals surface area contributed by atoms with E-state index >= 15 is 0 Å². The van der Waals surface area contributed by atoms with Crippen molar-refractivity contribution in [1.29, 1.82) is 0 Å². The van der Waals surface area contributed by atoms with Crippen LogP contribution < -0.4 is 15.2 Å². The predicted molar refractivity (Wildman–Crippen MR) is 43.3 cm³/mol. The maximum atomic E-state index is 12.1. The lowest BCUT2D eigenvalue weighted by molar-refractivity contribution is 0.411. The fourth-order valence-corrected chi connectivity index (χ4v) is 0.876. The zero-order valence-corrected chi connectivity index (χ0v) is 6.30. The van der Waals surface area contributed by atoms with Crippen molar-refractivity contribution in [2.24, 2.45) is 0 Å². The Kier molecular flexibility index (Phi) is 2.26. The number of rotatable bonds is 1. The molecule has 0 fully saturated rings. The summed E-state index contributed by atoms with van der Waals surface area (Å²) in [5.74, 6) is 0.608. The zero-order chi connectivity index (χ0) is 8.27. The maximum Gasteiger partial charge on any atom is 0.126 e. The van der Waals surface area contributed by atoms with Gasteiger partial charge in [0, 0.05) is 10.4 Å². The molecule has 1 aromatic rings. The maximum absolute atomic E-state index is 12.1. The van der Waals surface area contributed by atoms with E-state index in [0.717, 1.165) is 0 Å². The van der Waals surface area contributed by atoms with Gasteiger partial charge in [-0.25, -0.2) is 4.39 Å². The van der Waals surface area contributed by atoms with E-state index in [1.54, 1.807) is 18.2 Å². The first-order chi connectivity index (χ1) is 5.29. The summed E-state index contributed by atoms with van der Waals surface area (Å²) in [5.41, 5.74) is 0. The molecule has 58 valence electrons. The van der Waals surface area contributed by atoms with Crippen LogP contribution in [0.5, 0.6) is 5.75 Å². The van der Waals surface area contributed by atoms with Crippen molar-refractivity contribution in [3.8, 4) is 5.75 Å². The summed E-state index contributed by atoms with van der Waals surface area (Å²) >= 11 is 0. The lowest BCUT2D eigenvalue weighted by atomic mass is 10.2. The quantitative estimate of drug-likeness (QED) is 0.578. The van der Waals surface area contributed by atoms with Crippen molar-refractivity contribution in [3.63, 3.8) is 0 Å². The molecule has 0 radical (unpaired) electrons. The molecule has 0 atom stereocenters. The molecule has 0 amide bonds. The van der Waals surface area contributed by atoms with Crippen LogP contribution >= 0.6 is 0 Å². The summed E-state index contributed by atoms with van der Waals surface area (Å²) in [6, 6.07) is 5.11. The van der Waals surface area contributed by atoms with Crippen molar-refractivity contribution < 1.29 is 9.13 Å². The molecule has 0 aliphatic heterocycles. The van der Waals surface area contributed by atoms with Crippen molar-refractivity contribution in [1.82, 2.24) is 0 Å². The summed E-state index contributed by atoms with van der Waals surface area (Å²) in [6.45, 7) is 3.67. The van der Waals surface area contributed by atoms with E-state index in [9.17, 15) is 4.39 Å². The molecule has 1 rings (SSSR count). The van der Waals surface area contributed by atoms with Crippen LogP contribution in [0.2, 0.25) is 0 Å². The molecule has 11 heavy (non-hydrogen) atoms. The normalized spacial score (nSPS) is 11.6. The largest absolute Gasteiger partial charge is 0.496 e. The number of benzene rings is 1. The molecule has 0 aliphatic carbocycles. The number of ether oxygens (including phenoxy) is 1. The van der Waals surface area contributed by atoms with E-state index < -0.39 is 0 Å². The summed E-state index contributed by atoms with van der Waals surface area (Å²) in [4.78, 5) is 0. The van der Waals surface area contributed by atoms with E-state index in [4.69, 9.17) is 4.74 Å². The van der Waals surface area contributed by atoms with E-state index in [1.165, 1.54) is 7.11 Å². The highest BCUT2D eigenvalue weighted by atomic mass is 19.1. The minimum absolute atomic E-state index is 0.462. The van der Waals surface area contributed by atoms with Crippen LogP contribution in [-0.4, -0.2) is 7.11 Å². The first-order valence-corrected chi connectivity index (χ1v) is 3.22. The third-order valence-corrected chi connectivity index (χ3v) is 1.51. The molecule has 0 unspecified atom stereocenters. The Morgan fingerprint density at radius 1 is 1.55 bits per heavy atom. The molecule has 1 nitrogen and oxygen atoms in total. The van der Waals surface area contributed by atoms with Crippen LogP contribution in [0.1, 0.15) is 0 Å². The van der Waals surface area contributed by atoms with Crippen LogP contribution in [-0.2, 0) is 0 Å². The van der Waals surface area contributed by atoms with Gasteiger partial charge in [-0.1, -0.05) is 18.7 Å². The lowest BCUT2D eigenvalue weighted by Crippen LogP contribution is -2.23. The smallest absolute Gasteiger partial charge is 0.126 e. The fourth-order valence-electron chi connectivity index (χ4n) is 0.876. The zero-order valence-electron chi connectivity index (χ0n) is 6.30. The molecule has 0 N–H and O–H groups in total. The fraction of sp³-hybridized carbons (Fsp3) is 0.111. The van der Waals surface area contributed by atoms with E-state index in [-0.39, 0.29) is 0 Å². The van der Waals surface area contributed by atoms with Crippen molar-refractivity contribution in [2.75, 3.05) is 7.11 Å². The Hall–Kier alpha value is -1.31. The van der Waals surface area contributed by atoms with Crippen LogP contribution in [0, 0.1) is 0 Å². The van der Waals surface area contributed by atoms with Gasteiger partial charge in [0.1, 0.15) is 5.75 Å².